The van der Waals surface area contributed by atoms with Crippen LogP contribution >= 0.6 is 11.3 Å². The Morgan fingerprint density at radius 3 is 2.68 bits per heavy atom. The number of nitrogens with zero attached hydrogens (tertiary/aromatic N) is 1. The van der Waals surface area contributed by atoms with Gasteiger partial charge in [-0.3, -0.25) is 9.59 Å². The summed E-state index contributed by atoms with van der Waals surface area (Å²) in [7, 11) is 0. The number of ether oxygens (including phenoxy) is 1. The maximum Gasteiger partial charge on any atom is 0.573 e. The minimum atomic E-state index is -4.78. The Bertz CT molecular complexity index is 893. The van der Waals surface area contributed by atoms with Gasteiger partial charge in [-0.1, -0.05) is 11.3 Å². The molecule has 28 heavy (non-hydrogen) atoms. The number of carbonyl (C=O) groups excluding carboxylic acids is 2. The Balaban J connectivity index is 1.66. The number of amides is 2. The number of anilines is 1. The largest absolute Gasteiger partial charge is 0.573 e. The number of halogens is 3. The number of nitrogens with one attached hydrogen (secondary N) is 2. The monoisotopic (exact) mass is 416 g/mol. The van der Waals surface area contributed by atoms with Crippen LogP contribution in [0.3, 0.4) is 0 Å². The first kappa shape index (κ1) is 20.3. The molecular formula is C17H19F3N4O3S. The number of rotatable bonds is 6. The predicted octanol–water partition coefficient (Wildman–Crippen LogP) is 2.91. The van der Waals surface area contributed by atoms with Gasteiger partial charge in [0, 0.05) is 11.6 Å². The van der Waals surface area contributed by atoms with Crippen molar-refractivity contribution in [2.75, 3.05) is 5.32 Å². The lowest BCUT2D eigenvalue weighted by Crippen LogP contribution is -2.58. The molecular weight excluding hydrogens is 397 g/mol. The SMILES string of the molecule is C[C@@H](N)C(=O)NC1(CC(=O)Nc2nc3ccc(OC(F)(F)F)cc3s2)CCC1. The van der Waals surface area contributed by atoms with Gasteiger partial charge in [0.2, 0.25) is 11.8 Å². The van der Waals surface area contributed by atoms with Gasteiger partial charge in [0.05, 0.1) is 22.7 Å². The highest BCUT2D eigenvalue weighted by Crippen LogP contribution is 2.36. The molecule has 0 bridgehead atoms. The van der Waals surface area contributed by atoms with Crippen LogP contribution in [0.15, 0.2) is 18.2 Å². The molecule has 0 aliphatic heterocycles. The Hall–Kier alpha value is -2.40. The normalized spacial score (nSPS) is 16.9. The standard InChI is InChI=1S/C17H19F3N4O3S/c1-9(21)14(26)24-16(5-2-6-16)8-13(25)23-15-22-11-4-3-10(7-12(11)28-15)27-17(18,19)20/h3-4,7,9H,2,5-6,8,21H2,1H3,(H,24,26)(H,22,23,25)/t9-/m1/s1. The molecule has 11 heteroatoms. The first-order chi connectivity index (χ1) is 13.1. The van der Waals surface area contributed by atoms with Crippen molar-refractivity contribution in [3.8, 4) is 5.75 Å². The number of nitrogens with two attached hydrogens (primary N) is 1. The summed E-state index contributed by atoms with van der Waals surface area (Å²) >= 11 is 1.04. The fourth-order valence-electron chi connectivity index (χ4n) is 2.95. The van der Waals surface area contributed by atoms with Crippen LogP contribution in [0.2, 0.25) is 0 Å². The molecule has 1 aromatic carbocycles. The van der Waals surface area contributed by atoms with Crippen LogP contribution in [-0.4, -0.2) is 34.7 Å². The van der Waals surface area contributed by atoms with Crippen molar-refractivity contribution >= 4 is 38.5 Å². The summed E-state index contributed by atoms with van der Waals surface area (Å²) in [6, 6.07) is 3.09. The number of benzene rings is 1. The highest BCUT2D eigenvalue weighted by molar-refractivity contribution is 7.22. The van der Waals surface area contributed by atoms with Crippen LogP contribution in [0.25, 0.3) is 10.2 Å². The molecule has 1 aromatic heterocycles. The van der Waals surface area contributed by atoms with E-state index in [0.717, 1.165) is 23.8 Å². The fourth-order valence-corrected chi connectivity index (χ4v) is 3.86. The Morgan fingerprint density at radius 1 is 1.39 bits per heavy atom. The number of hydrogen-bond acceptors (Lipinski definition) is 6. The Morgan fingerprint density at radius 2 is 2.11 bits per heavy atom. The van der Waals surface area contributed by atoms with Crippen molar-refractivity contribution in [1.82, 2.24) is 10.3 Å². The molecule has 152 valence electrons. The first-order valence-electron chi connectivity index (χ1n) is 8.59. The maximum atomic E-state index is 12.4. The van der Waals surface area contributed by atoms with Crippen molar-refractivity contribution < 1.29 is 27.5 Å². The summed E-state index contributed by atoms with van der Waals surface area (Å²) in [6.45, 7) is 1.57. The van der Waals surface area contributed by atoms with Crippen LogP contribution in [0.4, 0.5) is 18.3 Å². The third-order valence-electron chi connectivity index (χ3n) is 4.45. The fraction of sp³-hybridized carbons (Fsp3) is 0.471. The molecule has 4 N–H and O–H groups in total. The number of hydrogen-bond donors (Lipinski definition) is 3. The second kappa shape index (κ2) is 7.55. The first-order valence-corrected chi connectivity index (χ1v) is 9.41. The van der Waals surface area contributed by atoms with Gasteiger partial charge in [-0.15, -0.1) is 13.2 Å². The predicted molar refractivity (Wildman–Crippen MR) is 97.9 cm³/mol. The van der Waals surface area contributed by atoms with Gasteiger partial charge >= 0.3 is 6.36 Å². The van der Waals surface area contributed by atoms with E-state index in [9.17, 15) is 22.8 Å². The molecule has 7 nitrogen and oxygen atoms in total. The second-order valence-corrected chi connectivity index (χ2v) is 7.86. The molecule has 0 saturated heterocycles. The molecule has 0 radical (unpaired) electrons. The number of carbonyl (C=O) groups is 2. The van der Waals surface area contributed by atoms with Gasteiger partial charge in [0.25, 0.3) is 0 Å². The van der Waals surface area contributed by atoms with E-state index in [1.807, 2.05) is 0 Å². The number of alkyl halides is 3. The van der Waals surface area contributed by atoms with E-state index in [4.69, 9.17) is 5.73 Å². The van der Waals surface area contributed by atoms with Crippen molar-refractivity contribution in [2.24, 2.45) is 5.73 Å². The van der Waals surface area contributed by atoms with E-state index >= 15 is 0 Å². The lowest BCUT2D eigenvalue weighted by Gasteiger charge is -2.42. The van der Waals surface area contributed by atoms with E-state index < -0.39 is 17.9 Å². The molecule has 1 aliphatic rings. The van der Waals surface area contributed by atoms with E-state index in [1.54, 1.807) is 6.92 Å². The summed E-state index contributed by atoms with van der Waals surface area (Å²) in [5.74, 6) is -1.01. The summed E-state index contributed by atoms with van der Waals surface area (Å²) < 4.78 is 41.3. The zero-order valence-corrected chi connectivity index (χ0v) is 15.7. The minimum Gasteiger partial charge on any atom is -0.406 e. The molecule has 2 amide bonds. The average Bonchev–Trinajstić information content (AvgIpc) is 2.92. The highest BCUT2D eigenvalue weighted by atomic mass is 32.1. The van der Waals surface area contributed by atoms with Crippen LogP contribution in [0.1, 0.15) is 32.6 Å². The molecule has 1 heterocycles. The molecule has 1 fully saturated rings. The van der Waals surface area contributed by atoms with Crippen LogP contribution in [-0.2, 0) is 9.59 Å². The smallest absolute Gasteiger partial charge is 0.406 e. The molecule has 0 spiro atoms. The lowest BCUT2D eigenvalue weighted by atomic mass is 9.74. The van der Waals surface area contributed by atoms with Gasteiger partial charge < -0.3 is 21.1 Å². The number of aromatic nitrogens is 1. The molecule has 0 unspecified atom stereocenters. The molecule has 3 rings (SSSR count). The Labute approximate surface area is 162 Å². The van der Waals surface area contributed by atoms with Gasteiger partial charge in [0.1, 0.15) is 5.75 Å². The van der Waals surface area contributed by atoms with Crippen molar-refractivity contribution in [3.05, 3.63) is 18.2 Å². The van der Waals surface area contributed by atoms with E-state index in [2.05, 4.69) is 20.4 Å². The summed E-state index contributed by atoms with van der Waals surface area (Å²) in [4.78, 5) is 28.5. The van der Waals surface area contributed by atoms with Crippen molar-refractivity contribution in [2.45, 2.75) is 50.6 Å². The van der Waals surface area contributed by atoms with Gasteiger partial charge in [-0.05, 0) is 38.3 Å². The molecule has 1 saturated carbocycles. The lowest BCUT2D eigenvalue weighted by molar-refractivity contribution is -0.274. The summed E-state index contributed by atoms with van der Waals surface area (Å²) in [6.07, 6.45) is -2.45. The maximum absolute atomic E-state index is 12.4. The van der Waals surface area contributed by atoms with E-state index in [1.165, 1.54) is 12.1 Å². The third kappa shape index (κ3) is 4.90. The minimum absolute atomic E-state index is 0.0732. The van der Waals surface area contributed by atoms with Crippen molar-refractivity contribution in [1.29, 1.82) is 0 Å². The van der Waals surface area contributed by atoms with Crippen LogP contribution in [0.5, 0.6) is 5.75 Å². The highest BCUT2D eigenvalue weighted by Gasteiger charge is 2.40. The van der Waals surface area contributed by atoms with Gasteiger partial charge in [0.15, 0.2) is 5.13 Å². The zero-order valence-electron chi connectivity index (χ0n) is 14.9. The molecule has 1 atom stereocenters. The average molecular weight is 416 g/mol. The second-order valence-electron chi connectivity index (χ2n) is 6.83. The van der Waals surface area contributed by atoms with E-state index in [-0.39, 0.29) is 29.1 Å². The number of thiazole rings is 1. The van der Waals surface area contributed by atoms with Gasteiger partial charge in [-0.25, -0.2) is 4.98 Å². The van der Waals surface area contributed by atoms with Crippen molar-refractivity contribution in [3.63, 3.8) is 0 Å². The topological polar surface area (TPSA) is 106 Å². The van der Waals surface area contributed by atoms with E-state index in [0.29, 0.717) is 23.1 Å². The number of fused-ring (bicyclic) bond motifs is 1. The molecule has 2 aromatic rings. The summed E-state index contributed by atoms with van der Waals surface area (Å²) in [5.41, 5.74) is 5.40. The quantitative estimate of drug-likeness (QED) is 0.671. The summed E-state index contributed by atoms with van der Waals surface area (Å²) in [5, 5.41) is 5.75. The third-order valence-corrected chi connectivity index (χ3v) is 5.38. The van der Waals surface area contributed by atoms with Crippen LogP contribution < -0.4 is 21.1 Å². The Kier molecular flexibility index (Phi) is 5.48. The molecule has 1 aliphatic carbocycles. The van der Waals surface area contributed by atoms with Gasteiger partial charge in [-0.2, -0.15) is 0 Å². The van der Waals surface area contributed by atoms with Crippen LogP contribution in [0, 0.1) is 0 Å². The zero-order chi connectivity index (χ0) is 20.5.